The third kappa shape index (κ3) is 3.89. The Balaban J connectivity index is 1.65. The molecule has 0 radical (unpaired) electrons. The van der Waals surface area contributed by atoms with Crippen molar-refractivity contribution in [1.29, 1.82) is 0 Å². The number of fused-ring (bicyclic) bond motifs is 1. The summed E-state index contributed by atoms with van der Waals surface area (Å²) in [4.78, 5) is 30.0. The number of phenolic OH excluding ortho intramolecular Hbond substituents is 1. The molecule has 0 fully saturated rings. The highest BCUT2D eigenvalue weighted by Gasteiger charge is 2.19. The molecular weight excluding hydrogens is 417 g/mol. The first kappa shape index (κ1) is 21.0. The maximum atomic E-state index is 13.6. The minimum Gasteiger partial charge on any atom is -0.505 e. The van der Waals surface area contributed by atoms with Gasteiger partial charge in [-0.1, -0.05) is 18.2 Å². The van der Waals surface area contributed by atoms with Crippen LogP contribution in [0.2, 0.25) is 0 Å². The van der Waals surface area contributed by atoms with E-state index in [-0.39, 0.29) is 22.3 Å². The largest absolute Gasteiger partial charge is 0.505 e. The van der Waals surface area contributed by atoms with Gasteiger partial charge < -0.3 is 15.2 Å². The summed E-state index contributed by atoms with van der Waals surface area (Å²) in [6, 6.07) is 10.8. The summed E-state index contributed by atoms with van der Waals surface area (Å²) in [5.74, 6) is -1.42. The number of anilines is 1. The molecule has 2 heterocycles. The zero-order valence-electron chi connectivity index (χ0n) is 17.4. The molecule has 2 aromatic heterocycles. The highest BCUT2D eigenvalue weighted by Crippen LogP contribution is 2.21. The molecule has 0 unspecified atom stereocenters. The van der Waals surface area contributed by atoms with Gasteiger partial charge >= 0.3 is 0 Å². The number of aromatic nitrogens is 4. The number of hydrogen-bond donors (Lipinski definition) is 2. The average molecular weight is 437 g/mol. The molecular formula is C22H20FN5O4. The minimum atomic E-state index is -0.927. The van der Waals surface area contributed by atoms with Gasteiger partial charge in [-0.2, -0.15) is 5.10 Å². The molecule has 1 amide bonds. The number of aromatic hydroxyl groups is 1. The zero-order valence-corrected chi connectivity index (χ0v) is 17.4. The van der Waals surface area contributed by atoms with E-state index < -0.39 is 17.5 Å². The van der Waals surface area contributed by atoms with Crippen LogP contribution in [0.25, 0.3) is 11.0 Å². The predicted molar refractivity (Wildman–Crippen MR) is 115 cm³/mol. The van der Waals surface area contributed by atoms with E-state index in [2.05, 4.69) is 15.4 Å². The first-order valence-electron chi connectivity index (χ1n) is 9.73. The number of phenols is 1. The molecule has 9 nitrogen and oxygen atoms in total. The van der Waals surface area contributed by atoms with Crippen molar-refractivity contribution in [2.75, 3.05) is 12.4 Å². The number of nitrogens with zero attached hydrogens (tertiary/aromatic N) is 4. The van der Waals surface area contributed by atoms with Crippen molar-refractivity contribution < 1.29 is 19.0 Å². The van der Waals surface area contributed by atoms with Crippen molar-refractivity contribution in [2.24, 2.45) is 7.05 Å². The Hall–Kier alpha value is -4.21. The molecule has 0 aliphatic rings. The Morgan fingerprint density at radius 2 is 2.03 bits per heavy atom. The van der Waals surface area contributed by atoms with Gasteiger partial charge in [-0.3, -0.25) is 14.2 Å². The van der Waals surface area contributed by atoms with Crippen LogP contribution in [0.1, 0.15) is 15.9 Å². The number of aryl methyl sites for hydroxylation is 3. The Bertz CT molecular complexity index is 1380. The summed E-state index contributed by atoms with van der Waals surface area (Å²) >= 11 is 0. The standard InChI is InChI=1S/C22H20FN5O4/c1-27-20-18(19(26-27)25-21(30)14-7-8-16(29)15(23)11-14)22(31)28(12-24-20)10-9-13-5-3-4-6-17(13)32-2/h3-8,11-12,29H,9-10H2,1-2H3,(H,25,26,30). The number of rotatable bonds is 6. The van der Waals surface area contributed by atoms with E-state index in [1.807, 2.05) is 24.3 Å². The van der Waals surface area contributed by atoms with Crippen molar-refractivity contribution in [3.63, 3.8) is 0 Å². The second kappa shape index (κ2) is 8.50. The molecule has 32 heavy (non-hydrogen) atoms. The van der Waals surface area contributed by atoms with Crippen LogP contribution in [-0.4, -0.2) is 37.5 Å². The zero-order chi connectivity index (χ0) is 22.8. The quantitative estimate of drug-likeness (QED) is 0.479. The SMILES string of the molecule is COc1ccccc1CCn1cnc2c(c(NC(=O)c3ccc(O)c(F)c3)nn2C)c1=O. The molecule has 2 N–H and O–H groups in total. The maximum absolute atomic E-state index is 13.6. The van der Waals surface area contributed by atoms with Crippen LogP contribution < -0.4 is 15.6 Å². The number of carbonyl (C=O) groups excluding carboxylic acids is 1. The average Bonchev–Trinajstić information content (AvgIpc) is 3.11. The van der Waals surface area contributed by atoms with Crippen molar-refractivity contribution in [2.45, 2.75) is 13.0 Å². The number of benzene rings is 2. The molecule has 0 spiro atoms. The number of nitrogens with one attached hydrogen (secondary N) is 1. The Labute approximate surface area is 181 Å². The molecule has 164 valence electrons. The molecule has 0 saturated heterocycles. The van der Waals surface area contributed by atoms with E-state index in [9.17, 15) is 19.1 Å². The molecule has 0 atom stereocenters. The van der Waals surface area contributed by atoms with Crippen molar-refractivity contribution in [1.82, 2.24) is 19.3 Å². The lowest BCUT2D eigenvalue weighted by molar-refractivity contribution is 0.102. The molecule has 0 saturated carbocycles. The monoisotopic (exact) mass is 437 g/mol. The van der Waals surface area contributed by atoms with E-state index >= 15 is 0 Å². The lowest BCUT2D eigenvalue weighted by Gasteiger charge is -2.09. The number of para-hydroxylation sites is 1. The molecule has 0 bridgehead atoms. The smallest absolute Gasteiger partial charge is 0.266 e. The van der Waals surface area contributed by atoms with Crippen LogP contribution in [0.5, 0.6) is 11.5 Å². The van der Waals surface area contributed by atoms with Gasteiger partial charge in [0.25, 0.3) is 11.5 Å². The molecule has 4 rings (SSSR count). The number of methoxy groups -OCH3 is 1. The van der Waals surface area contributed by atoms with E-state index in [4.69, 9.17) is 4.74 Å². The second-order valence-electron chi connectivity index (χ2n) is 7.10. The number of carbonyl (C=O) groups is 1. The summed E-state index contributed by atoms with van der Waals surface area (Å²) in [6.45, 7) is 0.341. The van der Waals surface area contributed by atoms with Crippen molar-refractivity contribution in [3.05, 3.63) is 76.1 Å². The summed E-state index contributed by atoms with van der Waals surface area (Å²) < 4.78 is 21.8. The molecule has 0 aliphatic carbocycles. The van der Waals surface area contributed by atoms with Crippen molar-refractivity contribution >= 4 is 22.8 Å². The summed E-state index contributed by atoms with van der Waals surface area (Å²) in [6.07, 6.45) is 1.97. The van der Waals surface area contributed by atoms with Crippen LogP contribution >= 0.6 is 0 Å². The third-order valence-electron chi connectivity index (χ3n) is 5.07. The molecule has 0 aliphatic heterocycles. The van der Waals surface area contributed by atoms with E-state index in [1.54, 1.807) is 14.2 Å². The Morgan fingerprint density at radius 1 is 1.25 bits per heavy atom. The van der Waals surface area contributed by atoms with Gasteiger partial charge in [0, 0.05) is 19.2 Å². The lowest BCUT2D eigenvalue weighted by atomic mass is 10.1. The number of amides is 1. The van der Waals surface area contributed by atoms with Gasteiger partial charge in [0.15, 0.2) is 23.0 Å². The summed E-state index contributed by atoms with van der Waals surface area (Å²) in [5.41, 5.74) is 0.844. The maximum Gasteiger partial charge on any atom is 0.266 e. The fraction of sp³-hybridized carbons (Fsp3) is 0.182. The number of hydrogen-bond acceptors (Lipinski definition) is 6. The van der Waals surface area contributed by atoms with Crippen molar-refractivity contribution in [3.8, 4) is 11.5 Å². The van der Waals surface area contributed by atoms with E-state index in [1.165, 1.54) is 21.6 Å². The van der Waals surface area contributed by atoms with Gasteiger partial charge in [-0.25, -0.2) is 14.1 Å². The lowest BCUT2D eigenvalue weighted by Crippen LogP contribution is -2.23. The van der Waals surface area contributed by atoms with Crippen LogP contribution in [0.15, 0.2) is 53.6 Å². The van der Waals surface area contributed by atoms with Gasteiger partial charge in [0.1, 0.15) is 11.1 Å². The Morgan fingerprint density at radius 3 is 2.78 bits per heavy atom. The van der Waals surface area contributed by atoms with E-state index in [0.29, 0.717) is 18.6 Å². The van der Waals surface area contributed by atoms with Crippen LogP contribution in [-0.2, 0) is 20.0 Å². The fourth-order valence-corrected chi connectivity index (χ4v) is 3.41. The molecule has 10 heteroatoms. The highest BCUT2D eigenvalue weighted by atomic mass is 19.1. The first-order valence-corrected chi connectivity index (χ1v) is 9.73. The number of halogens is 1. The number of ether oxygens (including phenoxy) is 1. The van der Waals surface area contributed by atoms with Crippen LogP contribution in [0.3, 0.4) is 0 Å². The third-order valence-corrected chi connectivity index (χ3v) is 5.07. The minimum absolute atomic E-state index is 0.0186. The normalized spacial score (nSPS) is 11.0. The van der Waals surface area contributed by atoms with Crippen LogP contribution in [0, 0.1) is 5.82 Å². The van der Waals surface area contributed by atoms with Gasteiger partial charge in [-0.05, 0) is 36.2 Å². The van der Waals surface area contributed by atoms with Gasteiger partial charge in [0.05, 0.1) is 13.4 Å². The summed E-state index contributed by atoms with van der Waals surface area (Å²) in [7, 11) is 3.19. The highest BCUT2D eigenvalue weighted by molar-refractivity contribution is 6.07. The first-order chi connectivity index (χ1) is 15.4. The second-order valence-corrected chi connectivity index (χ2v) is 7.10. The molecule has 2 aromatic carbocycles. The molecule has 4 aromatic rings. The van der Waals surface area contributed by atoms with E-state index in [0.717, 1.165) is 23.4 Å². The topological polar surface area (TPSA) is 111 Å². The predicted octanol–water partition coefficient (Wildman–Crippen LogP) is 2.48. The Kier molecular flexibility index (Phi) is 5.59. The summed E-state index contributed by atoms with van der Waals surface area (Å²) in [5, 5.41) is 16.2. The van der Waals surface area contributed by atoms with Gasteiger partial charge in [0.2, 0.25) is 0 Å². The van der Waals surface area contributed by atoms with Crippen LogP contribution in [0.4, 0.5) is 10.2 Å². The fourth-order valence-electron chi connectivity index (χ4n) is 3.41. The van der Waals surface area contributed by atoms with Gasteiger partial charge in [-0.15, -0.1) is 0 Å².